The number of alkyl halides is 2. The molecule has 1 aliphatic carbocycles. The van der Waals surface area contributed by atoms with Crippen LogP contribution in [-0.2, 0) is 17.3 Å². The van der Waals surface area contributed by atoms with Crippen LogP contribution in [0.15, 0.2) is 36.4 Å². The fraction of sp³-hybridized carbons (Fsp3) is 0.500. The highest BCUT2D eigenvalue weighted by atomic mass is 19.3. The lowest BCUT2D eigenvalue weighted by atomic mass is 9.77. The summed E-state index contributed by atoms with van der Waals surface area (Å²) >= 11 is 0. The van der Waals surface area contributed by atoms with Gasteiger partial charge in [-0.3, -0.25) is 0 Å². The molecule has 6 heteroatoms. The molecule has 0 amide bonds. The summed E-state index contributed by atoms with van der Waals surface area (Å²) in [4.78, 5) is 0. The molecule has 1 nitrogen and oxygen atoms in total. The SMILES string of the molecule is CCCC1CCC(c2ccc(C(F)(F)OCCc3cc(F)c(F)c(F)c3)cc2)CC1. The van der Waals surface area contributed by atoms with Crippen molar-refractivity contribution in [3.05, 3.63) is 70.5 Å². The van der Waals surface area contributed by atoms with E-state index in [0.717, 1.165) is 36.5 Å². The van der Waals surface area contributed by atoms with E-state index < -0.39 is 30.2 Å². The summed E-state index contributed by atoms with van der Waals surface area (Å²) < 4.78 is 72.8. The molecule has 30 heavy (non-hydrogen) atoms. The second kappa shape index (κ2) is 9.90. The summed E-state index contributed by atoms with van der Waals surface area (Å²) in [6.45, 7) is 1.74. The van der Waals surface area contributed by atoms with Gasteiger partial charge in [0.15, 0.2) is 17.5 Å². The Labute approximate surface area is 174 Å². The Bertz CT molecular complexity index is 803. The van der Waals surface area contributed by atoms with Gasteiger partial charge < -0.3 is 4.74 Å². The zero-order chi connectivity index (χ0) is 21.7. The maximum absolute atomic E-state index is 14.4. The van der Waals surface area contributed by atoms with E-state index in [9.17, 15) is 22.0 Å². The average molecular weight is 426 g/mol. The van der Waals surface area contributed by atoms with Gasteiger partial charge in [0, 0.05) is 0 Å². The van der Waals surface area contributed by atoms with Crippen LogP contribution in [-0.4, -0.2) is 6.61 Å². The monoisotopic (exact) mass is 426 g/mol. The van der Waals surface area contributed by atoms with Gasteiger partial charge in [-0.05, 0) is 67.2 Å². The van der Waals surface area contributed by atoms with Gasteiger partial charge in [-0.25, -0.2) is 13.2 Å². The highest BCUT2D eigenvalue weighted by Crippen LogP contribution is 2.38. The first-order chi connectivity index (χ1) is 14.3. The molecule has 0 saturated heterocycles. The van der Waals surface area contributed by atoms with Crippen molar-refractivity contribution >= 4 is 0 Å². The van der Waals surface area contributed by atoms with Crippen LogP contribution in [0.5, 0.6) is 0 Å². The summed E-state index contributed by atoms with van der Waals surface area (Å²) in [5.41, 5.74) is 0.861. The van der Waals surface area contributed by atoms with Crippen molar-refractivity contribution < 1.29 is 26.7 Å². The molecule has 0 atom stereocenters. The van der Waals surface area contributed by atoms with Crippen LogP contribution in [0.25, 0.3) is 0 Å². The maximum Gasteiger partial charge on any atom is 0.383 e. The van der Waals surface area contributed by atoms with Crippen LogP contribution in [0, 0.1) is 23.4 Å². The molecule has 164 valence electrons. The minimum atomic E-state index is -3.52. The summed E-state index contributed by atoms with van der Waals surface area (Å²) in [5, 5.41) is 0. The van der Waals surface area contributed by atoms with E-state index in [-0.39, 0.29) is 17.5 Å². The molecular weight excluding hydrogens is 399 g/mol. The van der Waals surface area contributed by atoms with Gasteiger partial charge in [-0.2, -0.15) is 8.78 Å². The fourth-order valence-electron chi connectivity index (χ4n) is 4.27. The molecule has 0 spiro atoms. The molecule has 0 aliphatic heterocycles. The number of hydrogen-bond acceptors (Lipinski definition) is 1. The predicted octanol–water partition coefficient (Wildman–Crippen LogP) is 7.49. The molecule has 0 bridgehead atoms. The van der Waals surface area contributed by atoms with Gasteiger partial charge in [-0.1, -0.05) is 44.0 Å². The molecule has 0 unspecified atom stereocenters. The second-order valence-electron chi connectivity index (χ2n) is 8.12. The first-order valence-corrected chi connectivity index (χ1v) is 10.6. The molecular formula is C24H27F5O. The van der Waals surface area contributed by atoms with Crippen molar-refractivity contribution in [1.82, 2.24) is 0 Å². The van der Waals surface area contributed by atoms with Crippen molar-refractivity contribution in [3.8, 4) is 0 Å². The lowest BCUT2D eigenvalue weighted by Crippen LogP contribution is -2.20. The molecule has 3 rings (SSSR count). The van der Waals surface area contributed by atoms with Crippen LogP contribution in [0.4, 0.5) is 22.0 Å². The molecule has 0 radical (unpaired) electrons. The third kappa shape index (κ3) is 5.60. The summed E-state index contributed by atoms with van der Waals surface area (Å²) in [7, 11) is 0. The first kappa shape index (κ1) is 22.7. The summed E-state index contributed by atoms with van der Waals surface area (Å²) in [6.07, 6.45) is 3.31. The Morgan fingerprint density at radius 3 is 2.10 bits per heavy atom. The van der Waals surface area contributed by atoms with Crippen molar-refractivity contribution in [2.45, 2.75) is 63.9 Å². The van der Waals surface area contributed by atoms with Crippen molar-refractivity contribution in [2.24, 2.45) is 5.92 Å². The molecule has 0 heterocycles. The van der Waals surface area contributed by atoms with E-state index >= 15 is 0 Å². The Morgan fingerprint density at radius 1 is 0.933 bits per heavy atom. The van der Waals surface area contributed by atoms with Crippen molar-refractivity contribution in [2.75, 3.05) is 6.61 Å². The van der Waals surface area contributed by atoms with Gasteiger partial charge in [0.05, 0.1) is 12.2 Å². The third-order valence-corrected chi connectivity index (χ3v) is 5.98. The Hall–Kier alpha value is -1.95. The quantitative estimate of drug-likeness (QED) is 0.314. The van der Waals surface area contributed by atoms with Crippen LogP contribution in [0.2, 0.25) is 0 Å². The van der Waals surface area contributed by atoms with Crippen LogP contribution in [0.1, 0.15) is 68.1 Å². The molecule has 1 aliphatic rings. The highest BCUT2D eigenvalue weighted by molar-refractivity contribution is 5.27. The van der Waals surface area contributed by atoms with E-state index in [1.165, 1.54) is 37.8 Å². The number of ether oxygens (including phenoxy) is 1. The molecule has 0 N–H and O–H groups in total. The number of halogens is 5. The first-order valence-electron chi connectivity index (χ1n) is 10.6. The number of rotatable bonds is 8. The third-order valence-electron chi connectivity index (χ3n) is 5.98. The Balaban J connectivity index is 1.55. The molecule has 0 aromatic heterocycles. The minimum absolute atomic E-state index is 0.0521. The highest BCUT2D eigenvalue weighted by Gasteiger charge is 2.33. The smallest absolute Gasteiger partial charge is 0.316 e. The van der Waals surface area contributed by atoms with Gasteiger partial charge in [0.1, 0.15) is 0 Å². The zero-order valence-electron chi connectivity index (χ0n) is 17.1. The summed E-state index contributed by atoms with van der Waals surface area (Å²) in [5.74, 6) is -3.09. The van der Waals surface area contributed by atoms with E-state index in [1.807, 2.05) is 0 Å². The van der Waals surface area contributed by atoms with E-state index in [4.69, 9.17) is 0 Å². The molecule has 2 aromatic rings. The topological polar surface area (TPSA) is 9.23 Å². The van der Waals surface area contributed by atoms with Crippen LogP contribution < -0.4 is 0 Å². The minimum Gasteiger partial charge on any atom is -0.316 e. The van der Waals surface area contributed by atoms with Crippen molar-refractivity contribution in [1.29, 1.82) is 0 Å². The standard InChI is InChI=1S/C24H27F5O/c1-2-3-16-4-6-18(7-5-16)19-8-10-20(11-9-19)24(28,29)30-13-12-17-14-21(25)23(27)22(26)15-17/h8-11,14-16,18H,2-7,12-13H2,1H3. The predicted molar refractivity (Wildman–Crippen MR) is 106 cm³/mol. The van der Waals surface area contributed by atoms with Crippen molar-refractivity contribution in [3.63, 3.8) is 0 Å². The van der Waals surface area contributed by atoms with E-state index in [0.29, 0.717) is 5.92 Å². The van der Waals surface area contributed by atoms with Gasteiger partial charge in [-0.15, -0.1) is 0 Å². The summed E-state index contributed by atoms with van der Waals surface area (Å²) in [6, 6.07) is 7.80. The van der Waals surface area contributed by atoms with Gasteiger partial charge in [0.25, 0.3) is 0 Å². The Morgan fingerprint density at radius 2 is 1.53 bits per heavy atom. The number of hydrogen-bond donors (Lipinski definition) is 0. The largest absolute Gasteiger partial charge is 0.383 e. The van der Waals surface area contributed by atoms with E-state index in [1.54, 1.807) is 12.1 Å². The number of benzene rings is 2. The molecule has 1 saturated carbocycles. The second-order valence-corrected chi connectivity index (χ2v) is 8.12. The van der Waals surface area contributed by atoms with Crippen LogP contribution >= 0.6 is 0 Å². The fourth-order valence-corrected chi connectivity index (χ4v) is 4.27. The zero-order valence-corrected chi connectivity index (χ0v) is 17.1. The van der Waals surface area contributed by atoms with E-state index in [2.05, 4.69) is 11.7 Å². The molecule has 1 fully saturated rings. The van der Waals surface area contributed by atoms with Gasteiger partial charge in [0.2, 0.25) is 0 Å². The maximum atomic E-state index is 14.4. The van der Waals surface area contributed by atoms with Crippen LogP contribution in [0.3, 0.4) is 0 Å². The normalized spacial score (nSPS) is 19.8. The van der Waals surface area contributed by atoms with Gasteiger partial charge >= 0.3 is 6.11 Å². The lowest BCUT2D eigenvalue weighted by molar-refractivity contribution is -0.248. The molecule has 2 aromatic carbocycles. The lowest BCUT2D eigenvalue weighted by Gasteiger charge is -2.29. The Kier molecular flexibility index (Phi) is 7.50. The average Bonchev–Trinajstić information content (AvgIpc) is 2.73.